The number of rotatable bonds is 11. The number of sulfonamides is 1. The average molecular weight is 501 g/mol. The second-order valence-corrected chi connectivity index (χ2v) is 9.87. The van der Waals surface area contributed by atoms with Crippen LogP contribution in [0, 0.1) is 5.82 Å². The highest BCUT2D eigenvalue weighted by molar-refractivity contribution is 7.89. The zero-order valence-electron chi connectivity index (χ0n) is 20.0. The zero-order valence-corrected chi connectivity index (χ0v) is 20.8. The molecule has 0 aliphatic rings. The molecular formula is C26H29FN2O5S. The first-order chi connectivity index (χ1) is 16.8. The Hall–Kier alpha value is -3.43. The van der Waals surface area contributed by atoms with Crippen LogP contribution in [0.2, 0.25) is 0 Å². The summed E-state index contributed by atoms with van der Waals surface area (Å²) in [7, 11) is 0.339. The van der Waals surface area contributed by atoms with Crippen molar-refractivity contribution in [1.82, 2.24) is 9.21 Å². The summed E-state index contributed by atoms with van der Waals surface area (Å²) in [5.74, 6) is -0.223. The predicted molar refractivity (Wildman–Crippen MR) is 131 cm³/mol. The third-order valence-electron chi connectivity index (χ3n) is 5.59. The summed E-state index contributed by atoms with van der Waals surface area (Å²) in [5.41, 5.74) is 1.29. The fraction of sp³-hybridized carbons (Fsp3) is 0.269. The molecule has 0 saturated heterocycles. The second kappa shape index (κ2) is 11.8. The third kappa shape index (κ3) is 6.58. The highest BCUT2D eigenvalue weighted by atomic mass is 32.2. The molecule has 0 heterocycles. The number of halogens is 1. The molecule has 3 aromatic rings. The van der Waals surface area contributed by atoms with E-state index >= 15 is 0 Å². The molecule has 0 radical (unpaired) electrons. The van der Waals surface area contributed by atoms with E-state index in [9.17, 15) is 17.6 Å². The number of carbonyl (C=O) groups is 1. The van der Waals surface area contributed by atoms with Gasteiger partial charge in [0.2, 0.25) is 15.9 Å². The van der Waals surface area contributed by atoms with Crippen molar-refractivity contribution in [2.75, 3.05) is 34.4 Å². The van der Waals surface area contributed by atoms with Gasteiger partial charge in [0.15, 0.2) is 11.5 Å². The minimum atomic E-state index is -4.06. The largest absolute Gasteiger partial charge is 0.493 e. The van der Waals surface area contributed by atoms with Crippen molar-refractivity contribution in [3.63, 3.8) is 0 Å². The van der Waals surface area contributed by atoms with E-state index in [2.05, 4.69) is 0 Å². The molecule has 0 saturated carbocycles. The third-order valence-corrected chi connectivity index (χ3v) is 7.43. The van der Waals surface area contributed by atoms with Crippen LogP contribution < -0.4 is 9.47 Å². The van der Waals surface area contributed by atoms with Crippen LogP contribution in [0.25, 0.3) is 0 Å². The molecule has 0 bridgehead atoms. The van der Waals surface area contributed by atoms with Gasteiger partial charge in [-0.25, -0.2) is 12.8 Å². The van der Waals surface area contributed by atoms with Gasteiger partial charge in [0.05, 0.1) is 25.7 Å². The number of nitrogens with zero attached hydrogens (tertiary/aromatic N) is 2. The zero-order chi connectivity index (χ0) is 25.4. The molecule has 0 aliphatic carbocycles. The van der Waals surface area contributed by atoms with Crippen LogP contribution in [0.5, 0.6) is 11.5 Å². The van der Waals surface area contributed by atoms with Crippen LogP contribution in [0.4, 0.5) is 4.39 Å². The molecule has 186 valence electrons. The Labute approximate surface area is 205 Å². The summed E-state index contributed by atoms with van der Waals surface area (Å²) in [6, 6.07) is 19.9. The number of ether oxygens (including phenoxy) is 2. The first-order valence-electron chi connectivity index (χ1n) is 11.0. The van der Waals surface area contributed by atoms with Crippen LogP contribution in [0.15, 0.2) is 77.7 Å². The summed E-state index contributed by atoms with van der Waals surface area (Å²) in [6.45, 7) is -0.289. The van der Waals surface area contributed by atoms with Gasteiger partial charge >= 0.3 is 0 Å². The molecule has 3 rings (SSSR count). The van der Waals surface area contributed by atoms with Crippen molar-refractivity contribution in [1.29, 1.82) is 0 Å². The Morgan fingerprint density at radius 1 is 0.914 bits per heavy atom. The van der Waals surface area contributed by atoms with Crippen LogP contribution in [0.1, 0.15) is 11.1 Å². The lowest BCUT2D eigenvalue weighted by molar-refractivity contribution is -0.130. The lowest BCUT2D eigenvalue weighted by Crippen LogP contribution is -2.42. The number of hydrogen-bond donors (Lipinski definition) is 0. The minimum Gasteiger partial charge on any atom is -0.493 e. The van der Waals surface area contributed by atoms with E-state index in [-0.39, 0.29) is 23.7 Å². The fourth-order valence-corrected chi connectivity index (χ4v) is 4.96. The molecule has 0 aromatic heterocycles. The van der Waals surface area contributed by atoms with Gasteiger partial charge in [0, 0.05) is 31.8 Å². The monoisotopic (exact) mass is 500 g/mol. The number of amides is 1. The molecule has 1 amide bonds. The summed E-state index contributed by atoms with van der Waals surface area (Å²) >= 11 is 0. The summed E-state index contributed by atoms with van der Waals surface area (Å²) in [4.78, 5) is 14.3. The van der Waals surface area contributed by atoms with E-state index in [0.29, 0.717) is 17.7 Å². The van der Waals surface area contributed by atoms with Gasteiger partial charge in [0.25, 0.3) is 0 Å². The SMILES string of the molecule is COc1ccc(S(=O)(=O)N(CCc2ccccc2)CC(=O)N(C)Cc2ccccc2F)cc1OC. The molecule has 3 aromatic carbocycles. The fourth-order valence-electron chi connectivity index (χ4n) is 3.55. The smallest absolute Gasteiger partial charge is 0.243 e. The summed E-state index contributed by atoms with van der Waals surface area (Å²) in [5, 5.41) is 0. The van der Waals surface area contributed by atoms with E-state index in [0.717, 1.165) is 9.87 Å². The Morgan fingerprint density at radius 2 is 1.57 bits per heavy atom. The first kappa shape index (κ1) is 26.2. The highest BCUT2D eigenvalue weighted by Gasteiger charge is 2.29. The van der Waals surface area contributed by atoms with E-state index < -0.39 is 28.3 Å². The van der Waals surface area contributed by atoms with Gasteiger partial charge < -0.3 is 14.4 Å². The number of hydrogen-bond acceptors (Lipinski definition) is 5. The average Bonchev–Trinajstić information content (AvgIpc) is 2.87. The topological polar surface area (TPSA) is 76.2 Å². The maximum Gasteiger partial charge on any atom is 0.243 e. The molecule has 0 N–H and O–H groups in total. The minimum absolute atomic E-state index is 0.0206. The Balaban J connectivity index is 1.86. The lowest BCUT2D eigenvalue weighted by atomic mass is 10.1. The molecule has 9 heteroatoms. The lowest BCUT2D eigenvalue weighted by Gasteiger charge is -2.25. The van der Waals surface area contributed by atoms with Crippen molar-refractivity contribution in [2.45, 2.75) is 17.9 Å². The van der Waals surface area contributed by atoms with Crippen LogP contribution in [0.3, 0.4) is 0 Å². The molecule has 35 heavy (non-hydrogen) atoms. The van der Waals surface area contributed by atoms with Gasteiger partial charge in [-0.3, -0.25) is 4.79 Å². The number of benzene rings is 3. The summed E-state index contributed by atoms with van der Waals surface area (Å²) in [6.07, 6.45) is 0.414. The standard InChI is InChI=1S/C26H29FN2O5S/c1-28(18-21-11-7-8-12-23(21)27)26(30)19-29(16-15-20-9-5-4-6-10-20)35(31,32)22-13-14-24(33-2)25(17-22)34-3/h4-14,17H,15-16,18-19H2,1-3H3. The van der Waals surface area contributed by atoms with Gasteiger partial charge in [-0.15, -0.1) is 0 Å². The van der Waals surface area contributed by atoms with Crippen molar-refractivity contribution in [3.05, 3.63) is 89.7 Å². The Kier molecular flexibility index (Phi) is 8.84. The summed E-state index contributed by atoms with van der Waals surface area (Å²) < 4.78 is 52.9. The molecule has 0 fully saturated rings. The molecule has 0 unspecified atom stereocenters. The van der Waals surface area contributed by atoms with Gasteiger partial charge in [0.1, 0.15) is 5.82 Å². The predicted octanol–water partition coefficient (Wildman–Crippen LogP) is 3.73. The quantitative estimate of drug-likeness (QED) is 0.401. The van der Waals surface area contributed by atoms with E-state index in [1.807, 2.05) is 30.3 Å². The molecule has 0 spiro atoms. The van der Waals surface area contributed by atoms with Gasteiger partial charge in [-0.2, -0.15) is 4.31 Å². The van der Waals surface area contributed by atoms with E-state index in [1.54, 1.807) is 18.2 Å². The molecular weight excluding hydrogens is 471 g/mol. The maximum absolute atomic E-state index is 14.1. The van der Waals surface area contributed by atoms with Crippen molar-refractivity contribution in [2.24, 2.45) is 0 Å². The van der Waals surface area contributed by atoms with Crippen molar-refractivity contribution in [3.8, 4) is 11.5 Å². The molecule has 7 nitrogen and oxygen atoms in total. The first-order valence-corrected chi connectivity index (χ1v) is 12.4. The second-order valence-electron chi connectivity index (χ2n) is 7.93. The number of methoxy groups -OCH3 is 2. The van der Waals surface area contributed by atoms with Gasteiger partial charge in [-0.1, -0.05) is 48.5 Å². The normalized spacial score (nSPS) is 11.3. The Morgan fingerprint density at radius 3 is 2.23 bits per heavy atom. The number of carbonyl (C=O) groups excluding carboxylic acids is 1. The van der Waals surface area contributed by atoms with E-state index in [4.69, 9.17) is 9.47 Å². The van der Waals surface area contributed by atoms with Crippen LogP contribution in [-0.2, 0) is 27.8 Å². The van der Waals surface area contributed by atoms with Crippen LogP contribution in [-0.4, -0.2) is 57.9 Å². The Bertz CT molecular complexity index is 1250. The van der Waals surface area contributed by atoms with Gasteiger partial charge in [-0.05, 0) is 30.2 Å². The molecule has 0 aliphatic heterocycles. The molecule has 0 atom stereocenters. The van der Waals surface area contributed by atoms with Crippen LogP contribution >= 0.6 is 0 Å². The van der Waals surface area contributed by atoms with Crippen molar-refractivity contribution >= 4 is 15.9 Å². The van der Waals surface area contributed by atoms with E-state index in [1.165, 1.54) is 50.4 Å². The number of likely N-dealkylation sites (N-methyl/N-ethyl adjacent to an activating group) is 1. The van der Waals surface area contributed by atoms with Crippen molar-refractivity contribution < 1.29 is 27.1 Å². The maximum atomic E-state index is 14.1. The highest BCUT2D eigenvalue weighted by Crippen LogP contribution is 2.30.